The fourth-order valence-corrected chi connectivity index (χ4v) is 4.02. The molecule has 2 aromatic rings. The molecule has 4 nitrogen and oxygen atoms in total. The Morgan fingerprint density at radius 1 is 1.27 bits per heavy atom. The molecule has 1 saturated heterocycles. The van der Waals surface area contributed by atoms with Gasteiger partial charge in [-0.15, -0.1) is 0 Å². The highest BCUT2D eigenvalue weighted by Gasteiger charge is 2.26. The molecule has 1 fully saturated rings. The lowest BCUT2D eigenvalue weighted by molar-refractivity contribution is 0.0506. The van der Waals surface area contributed by atoms with Crippen LogP contribution in [0, 0.1) is 13.8 Å². The van der Waals surface area contributed by atoms with Crippen LogP contribution in [-0.2, 0) is 11.3 Å². The van der Waals surface area contributed by atoms with E-state index in [4.69, 9.17) is 4.74 Å². The van der Waals surface area contributed by atoms with Gasteiger partial charge < -0.3 is 14.2 Å². The molecule has 1 aromatic heterocycles. The summed E-state index contributed by atoms with van der Waals surface area (Å²) in [6, 6.07) is 12.6. The maximum Gasteiger partial charge on any atom is 0.256 e. The van der Waals surface area contributed by atoms with Crippen molar-refractivity contribution < 1.29 is 9.53 Å². The molecule has 1 aliphatic rings. The summed E-state index contributed by atoms with van der Waals surface area (Å²) >= 11 is 0. The van der Waals surface area contributed by atoms with Gasteiger partial charge >= 0.3 is 0 Å². The van der Waals surface area contributed by atoms with Crippen LogP contribution in [0.1, 0.15) is 60.0 Å². The number of carbonyl (C=O) groups excluding carboxylic acids is 1. The molecule has 1 aromatic carbocycles. The first-order chi connectivity index (χ1) is 12.5. The van der Waals surface area contributed by atoms with Crippen LogP contribution in [0.5, 0.6) is 0 Å². The Bertz CT molecular complexity index is 743. The van der Waals surface area contributed by atoms with Gasteiger partial charge in [-0.3, -0.25) is 4.79 Å². The van der Waals surface area contributed by atoms with E-state index in [1.165, 1.54) is 0 Å². The first-order valence-electron chi connectivity index (χ1n) is 9.60. The predicted octanol–water partition coefficient (Wildman–Crippen LogP) is 4.51. The van der Waals surface area contributed by atoms with E-state index < -0.39 is 0 Å². The van der Waals surface area contributed by atoms with Crippen molar-refractivity contribution in [1.82, 2.24) is 9.47 Å². The Morgan fingerprint density at radius 2 is 2.00 bits per heavy atom. The lowest BCUT2D eigenvalue weighted by Gasteiger charge is -2.26. The van der Waals surface area contributed by atoms with E-state index in [0.29, 0.717) is 19.1 Å². The van der Waals surface area contributed by atoms with Crippen molar-refractivity contribution in [2.24, 2.45) is 0 Å². The molecule has 1 atom stereocenters. The smallest absolute Gasteiger partial charge is 0.256 e. The van der Waals surface area contributed by atoms with E-state index in [1.807, 2.05) is 36.1 Å². The third-order valence-electron chi connectivity index (χ3n) is 5.18. The van der Waals surface area contributed by atoms with Gasteiger partial charge in [-0.25, -0.2) is 0 Å². The van der Waals surface area contributed by atoms with Crippen LogP contribution in [0.15, 0.2) is 36.4 Å². The normalized spacial score (nSPS) is 17.0. The van der Waals surface area contributed by atoms with E-state index >= 15 is 0 Å². The molecule has 26 heavy (non-hydrogen) atoms. The number of hydrogen-bond acceptors (Lipinski definition) is 2. The monoisotopic (exact) mass is 354 g/mol. The standard InChI is InChI=1S/C22H30N2O2/c1-16(2)24-17(3)13-21(18(24)4)22(25)23(15-20-11-8-12-26-20)14-19-9-6-5-7-10-19/h5-7,9-10,13,16,20H,8,11-12,14-15H2,1-4H3. The molecule has 140 valence electrons. The number of amides is 1. The van der Waals surface area contributed by atoms with Gasteiger partial charge in [-0.1, -0.05) is 30.3 Å². The van der Waals surface area contributed by atoms with Crippen molar-refractivity contribution >= 4 is 5.91 Å². The van der Waals surface area contributed by atoms with Crippen LogP contribution in [0.3, 0.4) is 0 Å². The van der Waals surface area contributed by atoms with Crippen molar-refractivity contribution in [3.05, 3.63) is 58.9 Å². The first kappa shape index (κ1) is 18.7. The summed E-state index contributed by atoms with van der Waals surface area (Å²) in [7, 11) is 0. The Labute approximate surface area is 156 Å². The lowest BCUT2D eigenvalue weighted by atomic mass is 10.1. The van der Waals surface area contributed by atoms with Crippen LogP contribution >= 0.6 is 0 Å². The molecule has 0 saturated carbocycles. The van der Waals surface area contributed by atoms with Crippen molar-refractivity contribution in [2.45, 2.75) is 59.2 Å². The van der Waals surface area contributed by atoms with Crippen LogP contribution in [-0.4, -0.2) is 34.6 Å². The van der Waals surface area contributed by atoms with Crippen LogP contribution < -0.4 is 0 Å². The van der Waals surface area contributed by atoms with E-state index in [1.54, 1.807) is 0 Å². The Balaban J connectivity index is 1.87. The van der Waals surface area contributed by atoms with Gasteiger partial charge in [0.05, 0.1) is 11.7 Å². The molecule has 1 unspecified atom stereocenters. The van der Waals surface area contributed by atoms with E-state index in [0.717, 1.165) is 42.0 Å². The minimum atomic E-state index is 0.101. The summed E-state index contributed by atoms with van der Waals surface area (Å²) in [5.74, 6) is 0.101. The number of nitrogens with zero attached hydrogens (tertiary/aromatic N) is 2. The summed E-state index contributed by atoms with van der Waals surface area (Å²) in [6.07, 6.45) is 2.26. The van der Waals surface area contributed by atoms with Crippen molar-refractivity contribution in [2.75, 3.05) is 13.2 Å². The van der Waals surface area contributed by atoms with Gasteiger partial charge in [0.15, 0.2) is 0 Å². The van der Waals surface area contributed by atoms with E-state index in [9.17, 15) is 4.79 Å². The number of hydrogen-bond donors (Lipinski definition) is 0. The zero-order chi connectivity index (χ0) is 18.7. The molecule has 0 radical (unpaired) electrons. The number of carbonyl (C=O) groups is 1. The molecule has 0 aliphatic carbocycles. The number of aromatic nitrogens is 1. The molecular formula is C22H30N2O2. The summed E-state index contributed by atoms with van der Waals surface area (Å²) in [6.45, 7) is 10.5. The third kappa shape index (κ3) is 4.01. The van der Waals surface area contributed by atoms with Crippen molar-refractivity contribution in [3.8, 4) is 0 Å². The maximum absolute atomic E-state index is 13.4. The average molecular weight is 354 g/mol. The molecular weight excluding hydrogens is 324 g/mol. The quantitative estimate of drug-likeness (QED) is 0.765. The van der Waals surface area contributed by atoms with Gasteiger partial charge in [-0.05, 0) is 52.2 Å². The van der Waals surface area contributed by atoms with Crippen LogP contribution in [0.25, 0.3) is 0 Å². The second-order valence-corrected chi connectivity index (χ2v) is 7.55. The van der Waals surface area contributed by atoms with Gasteiger partial charge in [-0.2, -0.15) is 0 Å². The zero-order valence-corrected chi connectivity index (χ0v) is 16.4. The minimum Gasteiger partial charge on any atom is -0.376 e. The zero-order valence-electron chi connectivity index (χ0n) is 16.4. The third-order valence-corrected chi connectivity index (χ3v) is 5.18. The second kappa shape index (κ2) is 8.09. The number of aryl methyl sites for hydroxylation is 1. The Hall–Kier alpha value is -2.07. The molecule has 1 aliphatic heterocycles. The first-order valence-corrected chi connectivity index (χ1v) is 9.60. The molecule has 2 heterocycles. The molecule has 0 N–H and O–H groups in total. The molecule has 0 bridgehead atoms. The topological polar surface area (TPSA) is 34.5 Å². The highest BCUT2D eigenvalue weighted by molar-refractivity contribution is 5.95. The molecule has 0 spiro atoms. The molecule has 3 rings (SSSR count). The molecule has 1 amide bonds. The average Bonchev–Trinajstić information content (AvgIpc) is 3.22. The maximum atomic E-state index is 13.4. The lowest BCUT2D eigenvalue weighted by Crippen LogP contribution is -2.37. The van der Waals surface area contributed by atoms with Gasteiger partial charge in [0.1, 0.15) is 0 Å². The summed E-state index contributed by atoms with van der Waals surface area (Å²) in [5, 5.41) is 0. The summed E-state index contributed by atoms with van der Waals surface area (Å²) in [5.41, 5.74) is 4.15. The van der Waals surface area contributed by atoms with E-state index in [2.05, 4.69) is 37.5 Å². The van der Waals surface area contributed by atoms with Crippen molar-refractivity contribution in [3.63, 3.8) is 0 Å². The highest BCUT2D eigenvalue weighted by Crippen LogP contribution is 2.23. The fourth-order valence-electron chi connectivity index (χ4n) is 4.02. The summed E-state index contributed by atoms with van der Waals surface area (Å²) < 4.78 is 8.04. The van der Waals surface area contributed by atoms with Gasteiger partial charge in [0, 0.05) is 37.1 Å². The highest BCUT2D eigenvalue weighted by atomic mass is 16.5. The molecule has 4 heteroatoms. The minimum absolute atomic E-state index is 0.101. The Morgan fingerprint density at radius 3 is 2.58 bits per heavy atom. The summed E-state index contributed by atoms with van der Waals surface area (Å²) in [4.78, 5) is 15.4. The SMILES string of the molecule is Cc1cc(C(=O)N(Cc2ccccc2)CC2CCCO2)c(C)n1C(C)C. The van der Waals surface area contributed by atoms with Crippen LogP contribution in [0.4, 0.5) is 0 Å². The fraction of sp³-hybridized carbons (Fsp3) is 0.500. The van der Waals surface area contributed by atoms with Gasteiger partial charge in [0.25, 0.3) is 5.91 Å². The number of ether oxygens (including phenoxy) is 1. The van der Waals surface area contributed by atoms with Crippen molar-refractivity contribution in [1.29, 1.82) is 0 Å². The predicted molar refractivity (Wildman–Crippen MR) is 104 cm³/mol. The number of rotatable bonds is 6. The Kier molecular flexibility index (Phi) is 5.82. The van der Waals surface area contributed by atoms with Gasteiger partial charge in [0.2, 0.25) is 0 Å². The van der Waals surface area contributed by atoms with E-state index in [-0.39, 0.29) is 12.0 Å². The second-order valence-electron chi connectivity index (χ2n) is 7.55. The van der Waals surface area contributed by atoms with Crippen LogP contribution in [0.2, 0.25) is 0 Å². The number of benzene rings is 1. The largest absolute Gasteiger partial charge is 0.376 e.